The van der Waals surface area contributed by atoms with Gasteiger partial charge < -0.3 is 4.74 Å². The highest BCUT2D eigenvalue weighted by atomic mass is 79.9. The van der Waals surface area contributed by atoms with Crippen molar-refractivity contribution >= 4 is 38.9 Å². The van der Waals surface area contributed by atoms with Crippen molar-refractivity contribution in [1.82, 2.24) is 0 Å². The van der Waals surface area contributed by atoms with Gasteiger partial charge in [-0.15, -0.1) is 0 Å². The van der Waals surface area contributed by atoms with E-state index in [-0.39, 0.29) is 27.9 Å². The van der Waals surface area contributed by atoms with Crippen LogP contribution in [0.25, 0.3) is 0 Å². The van der Waals surface area contributed by atoms with Crippen molar-refractivity contribution in [3.8, 4) is 11.5 Å². The Kier molecular flexibility index (Phi) is 4.39. The standard InChI is InChI=1S/C12H6BrClN2O5/c13-7-1-4-11(10(5-7)16(19)20)21-12-6-8(14)2-3-9(12)15(17)18/h1-6H. The summed E-state index contributed by atoms with van der Waals surface area (Å²) in [5, 5.41) is 22.1. The summed E-state index contributed by atoms with van der Waals surface area (Å²) >= 11 is 8.88. The van der Waals surface area contributed by atoms with Crippen LogP contribution in [0.3, 0.4) is 0 Å². The fourth-order valence-electron chi connectivity index (χ4n) is 1.56. The summed E-state index contributed by atoms with van der Waals surface area (Å²) in [7, 11) is 0. The first kappa shape index (κ1) is 15.2. The number of ether oxygens (including phenoxy) is 1. The maximum atomic E-state index is 11.0. The molecule has 0 spiro atoms. The number of nitro benzene ring substituents is 2. The molecule has 2 aromatic carbocycles. The van der Waals surface area contributed by atoms with Gasteiger partial charge in [0.1, 0.15) is 0 Å². The van der Waals surface area contributed by atoms with Crippen LogP contribution in [0.4, 0.5) is 11.4 Å². The van der Waals surface area contributed by atoms with Crippen LogP contribution in [0.1, 0.15) is 0 Å². The van der Waals surface area contributed by atoms with E-state index in [2.05, 4.69) is 15.9 Å². The van der Waals surface area contributed by atoms with Crippen LogP contribution < -0.4 is 4.74 Å². The Morgan fingerprint density at radius 2 is 1.62 bits per heavy atom. The van der Waals surface area contributed by atoms with E-state index in [1.54, 1.807) is 0 Å². The zero-order valence-corrected chi connectivity index (χ0v) is 12.5. The average molecular weight is 374 g/mol. The smallest absolute Gasteiger partial charge is 0.312 e. The van der Waals surface area contributed by atoms with E-state index in [9.17, 15) is 20.2 Å². The second kappa shape index (κ2) is 6.06. The number of rotatable bonds is 4. The van der Waals surface area contributed by atoms with Gasteiger partial charge in [0.05, 0.1) is 9.85 Å². The molecule has 0 N–H and O–H groups in total. The molecule has 0 fully saturated rings. The Bertz CT molecular complexity index is 738. The van der Waals surface area contributed by atoms with Crippen LogP contribution >= 0.6 is 27.5 Å². The minimum atomic E-state index is -0.656. The van der Waals surface area contributed by atoms with E-state index >= 15 is 0 Å². The number of nitro groups is 2. The maximum absolute atomic E-state index is 11.0. The molecule has 9 heteroatoms. The topological polar surface area (TPSA) is 95.5 Å². The Morgan fingerprint density at radius 3 is 2.24 bits per heavy atom. The quantitative estimate of drug-likeness (QED) is 0.571. The third-order valence-electron chi connectivity index (χ3n) is 2.46. The van der Waals surface area contributed by atoms with Crippen molar-refractivity contribution in [2.75, 3.05) is 0 Å². The molecule has 108 valence electrons. The summed E-state index contributed by atoms with van der Waals surface area (Å²) in [4.78, 5) is 20.6. The van der Waals surface area contributed by atoms with Crippen molar-refractivity contribution in [1.29, 1.82) is 0 Å². The van der Waals surface area contributed by atoms with Gasteiger partial charge in [0.15, 0.2) is 0 Å². The normalized spacial score (nSPS) is 10.2. The Hall–Kier alpha value is -2.19. The van der Waals surface area contributed by atoms with Crippen LogP contribution in [-0.4, -0.2) is 9.85 Å². The number of hydrogen-bond donors (Lipinski definition) is 0. The van der Waals surface area contributed by atoms with E-state index in [1.807, 2.05) is 0 Å². The van der Waals surface area contributed by atoms with Gasteiger partial charge in [-0.1, -0.05) is 27.5 Å². The first-order chi connectivity index (χ1) is 9.88. The summed E-state index contributed by atoms with van der Waals surface area (Å²) in [6.07, 6.45) is 0. The van der Waals surface area contributed by atoms with Gasteiger partial charge in [0.2, 0.25) is 11.5 Å². The van der Waals surface area contributed by atoms with Crippen LogP contribution in [-0.2, 0) is 0 Å². The second-order valence-corrected chi connectivity index (χ2v) is 5.19. The predicted octanol–water partition coefficient (Wildman–Crippen LogP) is 4.71. The zero-order chi connectivity index (χ0) is 15.6. The van der Waals surface area contributed by atoms with Gasteiger partial charge >= 0.3 is 11.4 Å². The molecule has 2 aromatic rings. The van der Waals surface area contributed by atoms with E-state index in [0.717, 1.165) is 0 Å². The highest BCUT2D eigenvalue weighted by Gasteiger charge is 2.21. The Labute approximate surface area is 131 Å². The molecule has 2 rings (SSSR count). The monoisotopic (exact) mass is 372 g/mol. The number of benzene rings is 2. The lowest BCUT2D eigenvalue weighted by Gasteiger charge is -2.07. The molecule has 0 unspecified atom stereocenters. The molecule has 0 amide bonds. The molecule has 0 saturated carbocycles. The van der Waals surface area contributed by atoms with Crippen molar-refractivity contribution in [2.45, 2.75) is 0 Å². The number of halogens is 2. The van der Waals surface area contributed by atoms with Crippen LogP contribution in [0, 0.1) is 20.2 Å². The molecule has 0 aliphatic carbocycles. The van der Waals surface area contributed by atoms with E-state index in [0.29, 0.717) is 4.47 Å². The number of nitrogens with zero attached hydrogens (tertiary/aromatic N) is 2. The molecule has 0 heterocycles. The molecule has 0 radical (unpaired) electrons. The molecule has 21 heavy (non-hydrogen) atoms. The summed E-state index contributed by atoms with van der Waals surface area (Å²) in [6.45, 7) is 0. The molecule has 0 aliphatic heterocycles. The van der Waals surface area contributed by atoms with Crippen LogP contribution in [0.5, 0.6) is 11.5 Å². The van der Waals surface area contributed by atoms with Crippen molar-refractivity contribution in [2.24, 2.45) is 0 Å². The summed E-state index contributed by atoms with van der Waals surface area (Å²) < 4.78 is 5.80. The minimum Gasteiger partial charge on any atom is -0.443 e. The zero-order valence-electron chi connectivity index (χ0n) is 10.2. The summed E-state index contributed by atoms with van der Waals surface area (Å²) in [5.74, 6) is -0.286. The summed E-state index contributed by atoms with van der Waals surface area (Å²) in [6, 6.07) is 7.84. The first-order valence-electron chi connectivity index (χ1n) is 5.44. The lowest BCUT2D eigenvalue weighted by molar-refractivity contribution is -0.387. The highest BCUT2D eigenvalue weighted by molar-refractivity contribution is 9.10. The first-order valence-corrected chi connectivity index (χ1v) is 6.61. The van der Waals surface area contributed by atoms with E-state index in [1.165, 1.54) is 36.4 Å². The Balaban J connectivity index is 2.50. The fraction of sp³-hybridized carbons (Fsp3) is 0. The van der Waals surface area contributed by atoms with Gasteiger partial charge in [0, 0.05) is 27.7 Å². The minimum absolute atomic E-state index is 0.117. The lowest BCUT2D eigenvalue weighted by Crippen LogP contribution is -1.96. The number of hydrogen-bond acceptors (Lipinski definition) is 5. The molecule has 0 atom stereocenters. The predicted molar refractivity (Wildman–Crippen MR) is 79.0 cm³/mol. The Morgan fingerprint density at radius 1 is 0.952 bits per heavy atom. The van der Waals surface area contributed by atoms with E-state index < -0.39 is 9.85 Å². The second-order valence-electron chi connectivity index (χ2n) is 3.84. The van der Waals surface area contributed by atoms with Crippen molar-refractivity contribution in [3.05, 3.63) is 66.1 Å². The van der Waals surface area contributed by atoms with Gasteiger partial charge in [-0.3, -0.25) is 20.2 Å². The molecule has 0 saturated heterocycles. The van der Waals surface area contributed by atoms with Gasteiger partial charge in [-0.2, -0.15) is 0 Å². The van der Waals surface area contributed by atoms with Crippen molar-refractivity contribution in [3.63, 3.8) is 0 Å². The molecule has 7 nitrogen and oxygen atoms in total. The lowest BCUT2D eigenvalue weighted by atomic mass is 10.2. The maximum Gasteiger partial charge on any atom is 0.312 e. The molecule has 0 aromatic heterocycles. The van der Waals surface area contributed by atoms with Gasteiger partial charge in [-0.25, -0.2) is 0 Å². The highest BCUT2D eigenvalue weighted by Crippen LogP contribution is 2.38. The van der Waals surface area contributed by atoms with Gasteiger partial charge in [-0.05, 0) is 18.2 Å². The van der Waals surface area contributed by atoms with Crippen LogP contribution in [0.2, 0.25) is 5.02 Å². The third kappa shape index (κ3) is 3.47. The SMILES string of the molecule is O=[N+]([O-])c1ccc(Cl)cc1Oc1ccc(Br)cc1[N+](=O)[O-]. The molecule has 0 bridgehead atoms. The molecular weight excluding hydrogens is 367 g/mol. The molecular formula is C12H6BrClN2O5. The largest absolute Gasteiger partial charge is 0.443 e. The van der Waals surface area contributed by atoms with Crippen molar-refractivity contribution < 1.29 is 14.6 Å². The third-order valence-corrected chi connectivity index (χ3v) is 3.18. The van der Waals surface area contributed by atoms with Crippen LogP contribution in [0.15, 0.2) is 40.9 Å². The van der Waals surface area contributed by atoms with E-state index in [4.69, 9.17) is 16.3 Å². The average Bonchev–Trinajstić information content (AvgIpc) is 2.40. The fourth-order valence-corrected chi connectivity index (χ4v) is 2.07. The molecule has 0 aliphatic rings. The summed E-state index contributed by atoms with van der Waals surface area (Å²) in [5.41, 5.74) is -0.657. The van der Waals surface area contributed by atoms with Gasteiger partial charge in [0.25, 0.3) is 0 Å².